The van der Waals surface area contributed by atoms with Crippen LogP contribution in [0.4, 0.5) is 0 Å². The number of likely N-dealkylation sites (tertiary alicyclic amines) is 1. The summed E-state index contributed by atoms with van der Waals surface area (Å²) >= 11 is 0. The largest absolute Gasteiger partial charge is 0.393 e. The molecule has 1 heterocycles. The average molecular weight is 276 g/mol. The summed E-state index contributed by atoms with van der Waals surface area (Å²) in [6.07, 6.45) is 2.66. The molecule has 0 aromatic heterocycles. The van der Waals surface area contributed by atoms with Crippen LogP contribution in [0.15, 0.2) is 0 Å². The summed E-state index contributed by atoms with van der Waals surface area (Å²) in [4.78, 5) is 13.7. The molecule has 1 saturated heterocycles. The van der Waals surface area contributed by atoms with E-state index in [2.05, 4.69) is 4.72 Å². The summed E-state index contributed by atoms with van der Waals surface area (Å²) in [5.74, 6) is 0.841. The molecule has 1 unspecified atom stereocenters. The number of hydrogen-bond donors (Lipinski definition) is 2. The summed E-state index contributed by atoms with van der Waals surface area (Å²) in [5, 5.41) is 9.51. The molecule has 3 atom stereocenters. The Morgan fingerprint density at radius 2 is 1.89 bits per heavy atom. The van der Waals surface area contributed by atoms with Gasteiger partial charge in [0.2, 0.25) is 15.9 Å². The number of carbonyl (C=O) groups is 1. The molecular weight excluding hydrogens is 256 g/mol. The summed E-state index contributed by atoms with van der Waals surface area (Å²) in [6, 6.07) is 0. The molecule has 6 nitrogen and oxygen atoms in total. The van der Waals surface area contributed by atoms with E-state index < -0.39 is 10.0 Å². The van der Waals surface area contributed by atoms with Crippen LogP contribution in [0.5, 0.6) is 0 Å². The van der Waals surface area contributed by atoms with Crippen LogP contribution in [-0.4, -0.2) is 56.3 Å². The van der Waals surface area contributed by atoms with Crippen molar-refractivity contribution in [1.29, 1.82) is 0 Å². The van der Waals surface area contributed by atoms with Gasteiger partial charge in [-0.2, -0.15) is 0 Å². The molecule has 0 aromatic carbocycles. The predicted octanol–water partition coefficient (Wildman–Crippen LogP) is -0.845. The van der Waals surface area contributed by atoms with Gasteiger partial charge in [0.1, 0.15) is 0 Å². The smallest absolute Gasteiger partial charge is 0.223 e. The van der Waals surface area contributed by atoms with Gasteiger partial charge < -0.3 is 10.0 Å². The van der Waals surface area contributed by atoms with E-state index in [1.165, 1.54) is 0 Å². The molecule has 18 heavy (non-hydrogen) atoms. The van der Waals surface area contributed by atoms with E-state index in [0.717, 1.165) is 19.1 Å². The average Bonchev–Trinajstić information content (AvgIpc) is 2.72. The van der Waals surface area contributed by atoms with Crippen molar-refractivity contribution in [2.45, 2.75) is 25.4 Å². The normalized spacial score (nSPS) is 31.7. The van der Waals surface area contributed by atoms with Gasteiger partial charge in [0.15, 0.2) is 0 Å². The van der Waals surface area contributed by atoms with Gasteiger partial charge in [0, 0.05) is 26.1 Å². The Bertz CT molecular complexity index is 409. The molecular formula is C11H20N2O4S. The molecule has 1 saturated carbocycles. The third-order valence-electron chi connectivity index (χ3n) is 3.78. The van der Waals surface area contributed by atoms with Crippen LogP contribution < -0.4 is 4.72 Å². The molecule has 2 fully saturated rings. The number of aliphatic hydroxyl groups excluding tert-OH is 1. The van der Waals surface area contributed by atoms with Crippen LogP contribution in [0, 0.1) is 11.8 Å². The second-order valence-corrected chi connectivity index (χ2v) is 7.19. The Kier molecular flexibility index (Phi) is 3.93. The zero-order valence-corrected chi connectivity index (χ0v) is 11.3. The van der Waals surface area contributed by atoms with E-state index in [0.29, 0.717) is 24.9 Å². The van der Waals surface area contributed by atoms with E-state index in [4.69, 9.17) is 0 Å². The number of carbonyl (C=O) groups excluding carboxylic acids is 1. The molecule has 1 aliphatic carbocycles. The molecule has 1 amide bonds. The van der Waals surface area contributed by atoms with Crippen molar-refractivity contribution in [2.75, 3.05) is 25.9 Å². The third kappa shape index (κ3) is 3.43. The first kappa shape index (κ1) is 13.8. The highest BCUT2D eigenvalue weighted by molar-refractivity contribution is 7.88. The van der Waals surface area contributed by atoms with E-state index in [1.54, 1.807) is 4.90 Å². The Hall–Kier alpha value is -0.660. The molecule has 0 spiro atoms. The lowest BCUT2D eigenvalue weighted by Crippen LogP contribution is -2.33. The minimum absolute atomic E-state index is 0.00459. The van der Waals surface area contributed by atoms with Gasteiger partial charge in [-0.25, -0.2) is 13.1 Å². The highest BCUT2D eigenvalue weighted by Crippen LogP contribution is 2.38. The van der Waals surface area contributed by atoms with Crippen molar-refractivity contribution in [3.8, 4) is 0 Å². The highest BCUT2D eigenvalue weighted by atomic mass is 32.2. The molecule has 1 aliphatic heterocycles. The minimum Gasteiger partial charge on any atom is -0.393 e. The number of amides is 1. The number of nitrogens with zero attached hydrogens (tertiary/aromatic N) is 1. The molecule has 7 heteroatoms. The SMILES string of the molecule is CS(=O)(=O)NCCC(=O)N1C[C@H]2CC(O)C[C@H]2C1. The van der Waals surface area contributed by atoms with Crippen molar-refractivity contribution in [3.63, 3.8) is 0 Å². The van der Waals surface area contributed by atoms with Gasteiger partial charge in [-0.05, 0) is 24.7 Å². The van der Waals surface area contributed by atoms with Gasteiger partial charge >= 0.3 is 0 Å². The van der Waals surface area contributed by atoms with Crippen LogP contribution in [-0.2, 0) is 14.8 Å². The number of sulfonamides is 1. The molecule has 2 N–H and O–H groups in total. The second kappa shape index (κ2) is 5.14. The fourth-order valence-corrected chi connectivity index (χ4v) is 3.45. The first-order valence-corrected chi connectivity index (χ1v) is 8.15. The Morgan fingerprint density at radius 3 is 2.39 bits per heavy atom. The predicted molar refractivity (Wildman–Crippen MR) is 66.3 cm³/mol. The third-order valence-corrected chi connectivity index (χ3v) is 4.51. The highest BCUT2D eigenvalue weighted by Gasteiger charge is 2.41. The van der Waals surface area contributed by atoms with E-state index in [9.17, 15) is 18.3 Å². The van der Waals surface area contributed by atoms with Gasteiger partial charge in [-0.1, -0.05) is 0 Å². The first-order chi connectivity index (χ1) is 8.35. The lowest BCUT2D eigenvalue weighted by atomic mass is 10.0. The maximum Gasteiger partial charge on any atom is 0.223 e. The zero-order chi connectivity index (χ0) is 13.3. The van der Waals surface area contributed by atoms with Crippen LogP contribution >= 0.6 is 0 Å². The number of rotatable bonds is 4. The summed E-state index contributed by atoms with van der Waals surface area (Å²) in [7, 11) is -3.22. The van der Waals surface area contributed by atoms with Crippen LogP contribution in [0.25, 0.3) is 0 Å². The minimum atomic E-state index is -3.22. The Balaban J connectivity index is 1.75. The second-order valence-electron chi connectivity index (χ2n) is 5.36. The number of nitrogens with one attached hydrogen (secondary N) is 1. The lowest BCUT2D eigenvalue weighted by molar-refractivity contribution is -0.130. The summed E-state index contributed by atoms with van der Waals surface area (Å²) < 4.78 is 24.1. The van der Waals surface area contributed by atoms with Crippen LogP contribution in [0.2, 0.25) is 0 Å². The van der Waals surface area contributed by atoms with Gasteiger partial charge in [0.25, 0.3) is 0 Å². The molecule has 2 rings (SSSR count). The van der Waals surface area contributed by atoms with Crippen molar-refractivity contribution < 1.29 is 18.3 Å². The topological polar surface area (TPSA) is 86.7 Å². The molecule has 104 valence electrons. The van der Waals surface area contributed by atoms with Gasteiger partial charge in [0.05, 0.1) is 12.4 Å². The zero-order valence-electron chi connectivity index (χ0n) is 10.5. The standard InChI is InChI=1S/C11H20N2O4S/c1-18(16,17)12-3-2-11(15)13-6-8-4-10(14)5-9(8)7-13/h8-10,12,14H,2-7H2,1H3/t8-,9+,10?. The Labute approximate surface area is 107 Å². The van der Waals surface area contributed by atoms with E-state index in [-0.39, 0.29) is 25.0 Å². The fraction of sp³-hybridized carbons (Fsp3) is 0.909. The van der Waals surface area contributed by atoms with Crippen molar-refractivity contribution in [2.24, 2.45) is 11.8 Å². The lowest BCUT2D eigenvalue weighted by Gasteiger charge is -2.18. The number of aliphatic hydroxyl groups is 1. The Morgan fingerprint density at radius 1 is 1.33 bits per heavy atom. The van der Waals surface area contributed by atoms with Crippen LogP contribution in [0.3, 0.4) is 0 Å². The number of fused-ring (bicyclic) bond motifs is 1. The molecule has 0 bridgehead atoms. The molecule has 2 aliphatic rings. The van der Waals surface area contributed by atoms with E-state index in [1.807, 2.05) is 0 Å². The van der Waals surface area contributed by atoms with Crippen molar-refractivity contribution in [3.05, 3.63) is 0 Å². The van der Waals surface area contributed by atoms with Crippen molar-refractivity contribution >= 4 is 15.9 Å². The summed E-state index contributed by atoms with van der Waals surface area (Å²) in [5.41, 5.74) is 0. The first-order valence-electron chi connectivity index (χ1n) is 6.25. The summed E-state index contributed by atoms with van der Waals surface area (Å²) in [6.45, 7) is 1.57. The van der Waals surface area contributed by atoms with Gasteiger partial charge in [-0.15, -0.1) is 0 Å². The van der Waals surface area contributed by atoms with Crippen LogP contribution in [0.1, 0.15) is 19.3 Å². The van der Waals surface area contributed by atoms with E-state index >= 15 is 0 Å². The number of hydrogen-bond acceptors (Lipinski definition) is 4. The fourth-order valence-electron chi connectivity index (χ4n) is 2.97. The monoisotopic (exact) mass is 276 g/mol. The molecule has 0 radical (unpaired) electrons. The maximum absolute atomic E-state index is 11.9. The quantitative estimate of drug-likeness (QED) is 0.700. The maximum atomic E-state index is 11.9. The molecule has 0 aromatic rings. The van der Waals surface area contributed by atoms with Crippen molar-refractivity contribution in [1.82, 2.24) is 9.62 Å². The van der Waals surface area contributed by atoms with Gasteiger partial charge in [-0.3, -0.25) is 4.79 Å².